The zero-order chi connectivity index (χ0) is 20.6. The number of ether oxygens (including phenoxy) is 1. The number of amides is 1. The molecule has 6 heteroatoms. The van der Waals surface area contributed by atoms with Crippen LogP contribution < -0.4 is 4.74 Å². The monoisotopic (exact) mass is 424 g/mol. The molecule has 0 radical (unpaired) electrons. The van der Waals surface area contributed by atoms with E-state index in [2.05, 4.69) is 35.5 Å². The fourth-order valence-corrected chi connectivity index (χ4v) is 3.69. The van der Waals surface area contributed by atoms with Crippen molar-refractivity contribution in [1.82, 2.24) is 9.88 Å². The first-order valence-electron chi connectivity index (χ1n) is 9.23. The lowest BCUT2D eigenvalue weighted by Crippen LogP contribution is -2.24. The lowest BCUT2D eigenvalue weighted by Gasteiger charge is -2.15. The van der Waals surface area contributed by atoms with Gasteiger partial charge in [0.1, 0.15) is 12.4 Å². The van der Waals surface area contributed by atoms with Crippen molar-refractivity contribution < 1.29 is 9.53 Å². The molecule has 0 spiro atoms. The Kier molecular flexibility index (Phi) is 7.49. The van der Waals surface area contributed by atoms with Gasteiger partial charge in [-0.3, -0.25) is 4.79 Å². The van der Waals surface area contributed by atoms with Crippen LogP contribution in [0.2, 0.25) is 0 Å². The van der Waals surface area contributed by atoms with Gasteiger partial charge >= 0.3 is 0 Å². The fraction of sp³-hybridized carbons (Fsp3) is 0.217. The van der Waals surface area contributed by atoms with E-state index in [1.165, 1.54) is 4.90 Å². The molecule has 29 heavy (non-hydrogen) atoms. The molecule has 1 heterocycles. The number of nitrogens with zero attached hydrogens (tertiary/aromatic N) is 2. The highest BCUT2D eigenvalue weighted by atomic mass is 32.2. The van der Waals surface area contributed by atoms with E-state index in [0.29, 0.717) is 13.2 Å². The number of aryl methyl sites for hydroxylation is 1. The molecule has 1 aromatic heterocycles. The number of carbonyl (C=O) groups excluding carboxylic acids is 1. The van der Waals surface area contributed by atoms with Gasteiger partial charge < -0.3 is 9.64 Å². The van der Waals surface area contributed by atoms with Crippen LogP contribution in [-0.2, 0) is 17.9 Å². The zero-order valence-electron chi connectivity index (χ0n) is 16.8. The van der Waals surface area contributed by atoms with Crippen LogP contribution in [0.15, 0.2) is 64.9 Å². The molecule has 0 N–H and O–H groups in total. The minimum Gasteiger partial charge on any atom is -0.487 e. The molecule has 3 rings (SSSR count). The molecular weight excluding hydrogens is 400 g/mol. The van der Waals surface area contributed by atoms with Crippen molar-refractivity contribution in [2.45, 2.75) is 25.0 Å². The summed E-state index contributed by atoms with van der Waals surface area (Å²) in [5.41, 5.74) is 3.00. The lowest BCUT2D eigenvalue weighted by atomic mass is 10.2. The van der Waals surface area contributed by atoms with E-state index in [1.807, 2.05) is 49.7 Å². The van der Waals surface area contributed by atoms with Gasteiger partial charge in [0.25, 0.3) is 0 Å². The van der Waals surface area contributed by atoms with Crippen LogP contribution in [0.1, 0.15) is 21.8 Å². The summed E-state index contributed by atoms with van der Waals surface area (Å²) in [6, 6.07) is 16.0. The van der Waals surface area contributed by atoms with E-state index in [0.717, 1.165) is 27.6 Å². The first-order valence-corrected chi connectivity index (χ1v) is 11.3. The average molecular weight is 425 g/mol. The summed E-state index contributed by atoms with van der Waals surface area (Å²) in [5, 5.41) is 3.04. The molecule has 2 aromatic carbocycles. The second kappa shape index (κ2) is 10.3. The summed E-state index contributed by atoms with van der Waals surface area (Å²) < 4.78 is 5.75. The van der Waals surface area contributed by atoms with E-state index < -0.39 is 0 Å². The van der Waals surface area contributed by atoms with Crippen LogP contribution in [0.4, 0.5) is 0 Å². The molecule has 0 atom stereocenters. The average Bonchev–Trinajstić information content (AvgIpc) is 3.17. The van der Waals surface area contributed by atoms with E-state index >= 15 is 0 Å². The third-order valence-corrected chi connectivity index (χ3v) is 5.87. The molecule has 150 valence electrons. The van der Waals surface area contributed by atoms with Crippen LogP contribution in [0, 0.1) is 6.92 Å². The maximum Gasteiger partial charge on any atom is 0.246 e. The van der Waals surface area contributed by atoms with Gasteiger partial charge in [0.2, 0.25) is 5.91 Å². The van der Waals surface area contributed by atoms with Gasteiger partial charge in [0, 0.05) is 29.9 Å². The van der Waals surface area contributed by atoms with Crippen molar-refractivity contribution in [2.24, 2.45) is 0 Å². The Bertz CT molecular complexity index is 963. The Labute approximate surface area is 180 Å². The van der Waals surface area contributed by atoms with Gasteiger partial charge in [-0.15, -0.1) is 23.1 Å². The summed E-state index contributed by atoms with van der Waals surface area (Å²) in [4.78, 5) is 19.7. The number of rotatable bonds is 8. The van der Waals surface area contributed by atoms with E-state index in [4.69, 9.17) is 4.74 Å². The van der Waals surface area contributed by atoms with E-state index in [9.17, 15) is 4.79 Å². The smallest absolute Gasteiger partial charge is 0.246 e. The fourth-order valence-electron chi connectivity index (χ4n) is 2.68. The molecular formula is C23H24N2O2S2. The Morgan fingerprint density at radius 3 is 2.52 bits per heavy atom. The third-order valence-electron chi connectivity index (χ3n) is 4.31. The van der Waals surface area contributed by atoms with Gasteiger partial charge in [-0.1, -0.05) is 24.3 Å². The molecule has 0 saturated carbocycles. The molecule has 0 fully saturated rings. The van der Waals surface area contributed by atoms with Crippen LogP contribution in [-0.4, -0.2) is 29.1 Å². The highest BCUT2D eigenvalue weighted by Crippen LogP contribution is 2.17. The topological polar surface area (TPSA) is 42.4 Å². The van der Waals surface area contributed by atoms with Crippen molar-refractivity contribution in [1.29, 1.82) is 0 Å². The van der Waals surface area contributed by atoms with E-state index in [-0.39, 0.29) is 5.91 Å². The van der Waals surface area contributed by atoms with Crippen LogP contribution >= 0.6 is 23.1 Å². The number of aromatic nitrogens is 1. The molecule has 0 saturated heterocycles. The summed E-state index contributed by atoms with van der Waals surface area (Å²) in [5.74, 6) is 0.753. The van der Waals surface area contributed by atoms with E-state index in [1.54, 1.807) is 34.1 Å². The first-order chi connectivity index (χ1) is 14.0. The Morgan fingerprint density at radius 1 is 1.17 bits per heavy atom. The third kappa shape index (κ3) is 6.48. The maximum absolute atomic E-state index is 12.4. The number of benzene rings is 2. The molecule has 1 amide bonds. The van der Waals surface area contributed by atoms with Crippen molar-refractivity contribution in [3.05, 3.63) is 81.8 Å². The van der Waals surface area contributed by atoms with Gasteiger partial charge in [-0.05, 0) is 54.6 Å². The number of carbonyl (C=O) groups is 1. The Hall–Kier alpha value is -2.57. The van der Waals surface area contributed by atoms with Crippen molar-refractivity contribution in [3.63, 3.8) is 0 Å². The van der Waals surface area contributed by atoms with Crippen molar-refractivity contribution in [3.8, 4) is 5.75 Å². The second-order valence-electron chi connectivity index (χ2n) is 6.59. The van der Waals surface area contributed by atoms with Gasteiger partial charge in [-0.25, -0.2) is 4.98 Å². The molecule has 0 aliphatic heterocycles. The summed E-state index contributed by atoms with van der Waals surface area (Å²) in [6.07, 6.45) is 5.48. The zero-order valence-corrected chi connectivity index (χ0v) is 18.4. The predicted octanol–water partition coefficient (Wildman–Crippen LogP) is 5.42. The molecule has 3 aromatic rings. The quantitative estimate of drug-likeness (QED) is 0.357. The van der Waals surface area contributed by atoms with Crippen LogP contribution in [0.25, 0.3) is 6.08 Å². The van der Waals surface area contributed by atoms with Gasteiger partial charge in [-0.2, -0.15) is 0 Å². The minimum absolute atomic E-state index is 0.0295. The highest BCUT2D eigenvalue weighted by Gasteiger charge is 2.06. The minimum atomic E-state index is -0.0295. The summed E-state index contributed by atoms with van der Waals surface area (Å²) in [6.45, 7) is 3.02. The number of hydrogen-bond donors (Lipinski definition) is 0. The second-order valence-corrected chi connectivity index (χ2v) is 8.53. The van der Waals surface area contributed by atoms with Crippen molar-refractivity contribution in [2.75, 3.05) is 13.3 Å². The van der Waals surface area contributed by atoms with Gasteiger partial charge in [0.05, 0.1) is 10.7 Å². The summed E-state index contributed by atoms with van der Waals surface area (Å²) in [7, 11) is 1.81. The number of thiazole rings is 1. The predicted molar refractivity (Wildman–Crippen MR) is 121 cm³/mol. The Balaban J connectivity index is 1.50. The molecule has 0 aliphatic rings. The Morgan fingerprint density at radius 2 is 1.90 bits per heavy atom. The summed E-state index contributed by atoms with van der Waals surface area (Å²) >= 11 is 3.33. The maximum atomic E-state index is 12.4. The van der Waals surface area contributed by atoms with Crippen LogP contribution in [0.3, 0.4) is 0 Å². The molecule has 0 bridgehead atoms. The highest BCUT2D eigenvalue weighted by molar-refractivity contribution is 7.98. The molecule has 4 nitrogen and oxygen atoms in total. The SMILES string of the molecule is CSc1ccc(CN(C)C(=O)/C=C/c2ccc(OCc3csc(C)n3)cc2)cc1. The normalized spacial score (nSPS) is 11.0. The lowest BCUT2D eigenvalue weighted by molar-refractivity contribution is -0.125. The number of thioether (sulfide) groups is 1. The number of hydrogen-bond acceptors (Lipinski definition) is 5. The first kappa shape index (κ1) is 21.1. The molecule has 0 unspecified atom stereocenters. The standard InChI is InChI=1S/C23H24N2O2S2/c1-17-24-20(16-29-17)15-27-21-9-4-18(5-10-21)8-13-23(26)25(2)14-19-6-11-22(28-3)12-7-19/h4-13,16H,14-15H2,1-3H3/b13-8+. The largest absolute Gasteiger partial charge is 0.487 e. The van der Waals surface area contributed by atoms with Gasteiger partial charge in [0.15, 0.2) is 0 Å². The number of likely N-dealkylation sites (N-methyl/N-ethyl adjacent to an activating group) is 1. The van der Waals surface area contributed by atoms with Crippen molar-refractivity contribution >= 4 is 35.1 Å². The molecule has 0 aliphatic carbocycles. The van der Waals surface area contributed by atoms with Crippen LogP contribution in [0.5, 0.6) is 5.75 Å².